The van der Waals surface area contributed by atoms with E-state index in [2.05, 4.69) is 17.9 Å². The second-order valence-electron chi connectivity index (χ2n) is 5.63. The Bertz CT molecular complexity index is 260. The van der Waals surface area contributed by atoms with Crippen molar-refractivity contribution in [1.29, 1.82) is 5.26 Å². The number of hydrogen-bond donors (Lipinski definition) is 0. The van der Waals surface area contributed by atoms with E-state index in [1.807, 2.05) is 0 Å². The van der Waals surface area contributed by atoms with Gasteiger partial charge in [0.05, 0.1) is 11.5 Å². The lowest BCUT2D eigenvalue weighted by Gasteiger charge is -2.39. The third-order valence-corrected chi connectivity index (χ3v) is 4.52. The molecule has 1 unspecified atom stereocenters. The van der Waals surface area contributed by atoms with Gasteiger partial charge in [-0.2, -0.15) is 5.26 Å². The van der Waals surface area contributed by atoms with Crippen LogP contribution in [0.25, 0.3) is 0 Å². The molecule has 0 aromatic heterocycles. The number of nitriles is 1. The van der Waals surface area contributed by atoms with Gasteiger partial charge in [0.2, 0.25) is 0 Å². The monoisotopic (exact) mass is 220 g/mol. The summed E-state index contributed by atoms with van der Waals surface area (Å²) in [7, 11) is 0. The summed E-state index contributed by atoms with van der Waals surface area (Å²) in [6.45, 7) is 4.56. The highest BCUT2D eigenvalue weighted by atomic mass is 15.2. The Hall–Kier alpha value is -0.550. The largest absolute Gasteiger partial charge is 0.299 e. The van der Waals surface area contributed by atoms with E-state index >= 15 is 0 Å². The third-order valence-electron chi connectivity index (χ3n) is 4.52. The Balaban J connectivity index is 1.98. The molecule has 2 fully saturated rings. The summed E-state index contributed by atoms with van der Waals surface area (Å²) < 4.78 is 0. The van der Waals surface area contributed by atoms with Gasteiger partial charge in [-0.3, -0.25) is 4.90 Å². The quantitative estimate of drug-likeness (QED) is 0.729. The van der Waals surface area contributed by atoms with Gasteiger partial charge in [-0.15, -0.1) is 0 Å². The number of rotatable bonds is 3. The van der Waals surface area contributed by atoms with E-state index in [4.69, 9.17) is 0 Å². The van der Waals surface area contributed by atoms with Gasteiger partial charge >= 0.3 is 0 Å². The van der Waals surface area contributed by atoms with Gasteiger partial charge in [-0.1, -0.05) is 26.2 Å². The van der Waals surface area contributed by atoms with Crippen LogP contribution in [-0.2, 0) is 0 Å². The van der Waals surface area contributed by atoms with Crippen molar-refractivity contribution < 1.29 is 0 Å². The van der Waals surface area contributed by atoms with Crippen molar-refractivity contribution >= 4 is 0 Å². The van der Waals surface area contributed by atoms with E-state index in [9.17, 15) is 5.26 Å². The second kappa shape index (κ2) is 5.19. The highest BCUT2D eigenvalue weighted by Gasteiger charge is 2.37. The molecule has 1 aliphatic heterocycles. The van der Waals surface area contributed by atoms with Gasteiger partial charge in [-0.05, 0) is 38.6 Å². The molecule has 0 amide bonds. The first-order valence-corrected chi connectivity index (χ1v) is 6.95. The van der Waals surface area contributed by atoms with Crippen LogP contribution in [0, 0.1) is 16.7 Å². The first-order chi connectivity index (χ1) is 7.79. The summed E-state index contributed by atoms with van der Waals surface area (Å²) in [5.41, 5.74) is 0.00472. The summed E-state index contributed by atoms with van der Waals surface area (Å²) >= 11 is 0. The van der Waals surface area contributed by atoms with Crippen molar-refractivity contribution in [3.63, 3.8) is 0 Å². The van der Waals surface area contributed by atoms with Crippen LogP contribution in [0.4, 0.5) is 0 Å². The molecule has 0 radical (unpaired) electrons. The molecule has 1 saturated heterocycles. The Morgan fingerprint density at radius 1 is 1.25 bits per heavy atom. The zero-order valence-electron chi connectivity index (χ0n) is 10.5. The van der Waals surface area contributed by atoms with Crippen LogP contribution in [0.1, 0.15) is 58.3 Å². The van der Waals surface area contributed by atoms with Crippen LogP contribution in [0.2, 0.25) is 0 Å². The third kappa shape index (κ3) is 2.40. The summed E-state index contributed by atoms with van der Waals surface area (Å²) in [5, 5.41) is 9.43. The minimum atomic E-state index is 0.00472. The van der Waals surface area contributed by atoms with E-state index < -0.39 is 0 Å². The van der Waals surface area contributed by atoms with Crippen LogP contribution < -0.4 is 0 Å². The summed E-state index contributed by atoms with van der Waals surface area (Å²) in [4.78, 5) is 2.61. The molecule has 2 rings (SSSR count). The highest BCUT2D eigenvalue weighted by molar-refractivity contribution is 5.04. The topological polar surface area (TPSA) is 27.0 Å². The fraction of sp³-hybridized carbons (Fsp3) is 0.929. The van der Waals surface area contributed by atoms with Crippen LogP contribution >= 0.6 is 0 Å². The average molecular weight is 220 g/mol. The summed E-state index contributed by atoms with van der Waals surface area (Å²) in [5.74, 6) is 0. The SMILES string of the molecule is CCC1CCCCN1CC1(C#N)CCCC1. The predicted octanol–water partition coefficient (Wildman–Crippen LogP) is 3.33. The average Bonchev–Trinajstić information content (AvgIpc) is 2.79. The predicted molar refractivity (Wildman–Crippen MR) is 66.0 cm³/mol. The van der Waals surface area contributed by atoms with E-state index in [1.54, 1.807) is 0 Å². The van der Waals surface area contributed by atoms with Crippen LogP contribution in [0.3, 0.4) is 0 Å². The van der Waals surface area contributed by atoms with Crippen molar-refractivity contribution in [1.82, 2.24) is 4.90 Å². The molecule has 16 heavy (non-hydrogen) atoms. The standard InChI is InChI=1S/C14H24N2/c1-2-13-7-3-6-10-16(13)12-14(11-15)8-4-5-9-14/h13H,2-10,12H2,1H3. The highest BCUT2D eigenvalue weighted by Crippen LogP contribution is 2.39. The first kappa shape index (κ1) is 11.9. The zero-order chi connectivity index (χ0) is 11.4. The van der Waals surface area contributed by atoms with E-state index in [0.29, 0.717) is 0 Å². The van der Waals surface area contributed by atoms with Gasteiger partial charge < -0.3 is 0 Å². The minimum Gasteiger partial charge on any atom is -0.299 e. The maximum atomic E-state index is 9.43. The van der Waals surface area contributed by atoms with Crippen molar-refractivity contribution in [2.45, 2.75) is 64.3 Å². The lowest BCUT2D eigenvalue weighted by Crippen LogP contribution is -2.44. The second-order valence-corrected chi connectivity index (χ2v) is 5.63. The Morgan fingerprint density at radius 2 is 2.00 bits per heavy atom. The molecule has 2 nitrogen and oxygen atoms in total. The van der Waals surface area contributed by atoms with Crippen LogP contribution in [0.15, 0.2) is 0 Å². The lowest BCUT2D eigenvalue weighted by molar-refractivity contribution is 0.102. The van der Waals surface area contributed by atoms with Crippen LogP contribution in [0.5, 0.6) is 0 Å². The molecule has 0 aromatic rings. The van der Waals surface area contributed by atoms with E-state index in [0.717, 1.165) is 25.4 Å². The summed E-state index contributed by atoms with van der Waals surface area (Å²) in [6.07, 6.45) is 10.1. The number of piperidine rings is 1. The van der Waals surface area contributed by atoms with Gasteiger partial charge in [0.15, 0.2) is 0 Å². The van der Waals surface area contributed by atoms with E-state index in [-0.39, 0.29) is 5.41 Å². The molecule has 90 valence electrons. The molecular formula is C14H24N2. The van der Waals surface area contributed by atoms with Crippen LogP contribution in [-0.4, -0.2) is 24.0 Å². The molecule has 0 bridgehead atoms. The van der Waals surface area contributed by atoms with Gasteiger partial charge in [-0.25, -0.2) is 0 Å². The fourth-order valence-corrected chi connectivity index (χ4v) is 3.48. The zero-order valence-corrected chi connectivity index (χ0v) is 10.5. The Labute approximate surface area is 99.6 Å². The molecule has 0 N–H and O–H groups in total. The Kier molecular flexibility index (Phi) is 3.86. The van der Waals surface area contributed by atoms with Gasteiger partial charge in [0, 0.05) is 12.6 Å². The fourth-order valence-electron chi connectivity index (χ4n) is 3.48. The van der Waals surface area contributed by atoms with E-state index in [1.165, 1.54) is 45.1 Å². The smallest absolute Gasteiger partial charge is 0.0703 e. The molecule has 2 aliphatic rings. The number of likely N-dealkylation sites (tertiary alicyclic amines) is 1. The molecular weight excluding hydrogens is 196 g/mol. The van der Waals surface area contributed by atoms with Gasteiger partial charge in [0.25, 0.3) is 0 Å². The van der Waals surface area contributed by atoms with Crippen molar-refractivity contribution in [2.75, 3.05) is 13.1 Å². The summed E-state index contributed by atoms with van der Waals surface area (Å²) in [6, 6.07) is 3.38. The minimum absolute atomic E-state index is 0.00472. The molecule has 0 spiro atoms. The van der Waals surface area contributed by atoms with Gasteiger partial charge in [0.1, 0.15) is 0 Å². The number of nitrogens with zero attached hydrogens (tertiary/aromatic N) is 2. The maximum absolute atomic E-state index is 9.43. The Morgan fingerprint density at radius 3 is 2.62 bits per heavy atom. The number of hydrogen-bond acceptors (Lipinski definition) is 2. The molecule has 0 aromatic carbocycles. The van der Waals surface area contributed by atoms with Crippen molar-refractivity contribution in [3.05, 3.63) is 0 Å². The maximum Gasteiger partial charge on any atom is 0.0703 e. The normalized spacial score (nSPS) is 30.1. The first-order valence-electron chi connectivity index (χ1n) is 6.95. The lowest BCUT2D eigenvalue weighted by atomic mass is 9.85. The molecule has 1 saturated carbocycles. The molecule has 1 atom stereocenters. The molecule has 1 aliphatic carbocycles. The van der Waals surface area contributed by atoms with Crippen molar-refractivity contribution in [3.8, 4) is 6.07 Å². The van der Waals surface area contributed by atoms with Crippen molar-refractivity contribution in [2.24, 2.45) is 5.41 Å². The molecule has 1 heterocycles. The molecule has 2 heteroatoms.